The van der Waals surface area contributed by atoms with Crippen LogP contribution in [0.4, 0.5) is 0 Å². The zero-order valence-corrected chi connectivity index (χ0v) is 15.0. The van der Waals surface area contributed by atoms with Crippen molar-refractivity contribution in [3.8, 4) is 11.5 Å². The highest BCUT2D eigenvalue weighted by molar-refractivity contribution is 5.84. The van der Waals surface area contributed by atoms with Gasteiger partial charge in [0.25, 0.3) is 0 Å². The SMILES string of the molecule is CCC(C)N(Cc1nc(C(=O)O)co1)Cc1cc(OC)ccc1OC. The van der Waals surface area contributed by atoms with Crippen LogP contribution in [0.3, 0.4) is 0 Å². The molecular formula is C18H24N2O5. The maximum Gasteiger partial charge on any atom is 0.357 e. The molecule has 1 unspecified atom stereocenters. The maximum atomic E-state index is 11.0. The second-order valence-corrected chi connectivity index (χ2v) is 5.77. The first-order valence-electron chi connectivity index (χ1n) is 8.11. The van der Waals surface area contributed by atoms with Crippen LogP contribution in [-0.2, 0) is 13.1 Å². The average Bonchev–Trinajstić information content (AvgIpc) is 3.09. The van der Waals surface area contributed by atoms with Crippen molar-refractivity contribution >= 4 is 5.97 Å². The fourth-order valence-corrected chi connectivity index (χ4v) is 2.51. The Morgan fingerprint density at radius 2 is 2.08 bits per heavy atom. The Bertz CT molecular complexity index is 713. The highest BCUT2D eigenvalue weighted by atomic mass is 16.5. The number of oxazole rings is 1. The van der Waals surface area contributed by atoms with Gasteiger partial charge in [-0.05, 0) is 31.5 Å². The number of carboxylic acid groups (broad SMARTS) is 1. The van der Waals surface area contributed by atoms with Crippen LogP contribution in [-0.4, -0.2) is 41.2 Å². The smallest absolute Gasteiger partial charge is 0.357 e. The van der Waals surface area contributed by atoms with Crippen LogP contribution >= 0.6 is 0 Å². The molecule has 136 valence electrons. The molecule has 7 nitrogen and oxygen atoms in total. The van der Waals surface area contributed by atoms with E-state index < -0.39 is 5.97 Å². The molecule has 1 atom stereocenters. The molecule has 0 saturated carbocycles. The van der Waals surface area contributed by atoms with E-state index in [0.29, 0.717) is 19.0 Å². The van der Waals surface area contributed by atoms with Crippen LogP contribution in [0.1, 0.15) is 42.2 Å². The van der Waals surface area contributed by atoms with Crippen molar-refractivity contribution in [2.45, 2.75) is 39.4 Å². The zero-order valence-electron chi connectivity index (χ0n) is 15.0. The first kappa shape index (κ1) is 18.8. The summed E-state index contributed by atoms with van der Waals surface area (Å²) in [6.07, 6.45) is 2.09. The van der Waals surface area contributed by atoms with Crippen LogP contribution < -0.4 is 9.47 Å². The molecule has 1 aromatic carbocycles. The van der Waals surface area contributed by atoms with E-state index in [1.807, 2.05) is 18.2 Å². The number of benzene rings is 1. The van der Waals surface area contributed by atoms with E-state index in [4.69, 9.17) is 19.0 Å². The summed E-state index contributed by atoms with van der Waals surface area (Å²) in [4.78, 5) is 17.2. The topological polar surface area (TPSA) is 85.0 Å². The molecule has 7 heteroatoms. The van der Waals surface area contributed by atoms with E-state index in [1.54, 1.807) is 14.2 Å². The lowest BCUT2D eigenvalue weighted by Gasteiger charge is -2.28. The van der Waals surface area contributed by atoms with Crippen LogP contribution in [0.25, 0.3) is 0 Å². The van der Waals surface area contributed by atoms with E-state index in [9.17, 15) is 4.79 Å². The predicted octanol–water partition coefficient (Wildman–Crippen LogP) is 3.19. The van der Waals surface area contributed by atoms with Crippen molar-refractivity contribution in [1.29, 1.82) is 0 Å². The van der Waals surface area contributed by atoms with Gasteiger partial charge in [0.2, 0.25) is 5.89 Å². The number of carbonyl (C=O) groups is 1. The van der Waals surface area contributed by atoms with Gasteiger partial charge in [-0.1, -0.05) is 6.92 Å². The van der Waals surface area contributed by atoms with Crippen LogP contribution in [0.2, 0.25) is 0 Å². The van der Waals surface area contributed by atoms with Gasteiger partial charge in [-0.3, -0.25) is 4.90 Å². The molecule has 0 aliphatic heterocycles. The van der Waals surface area contributed by atoms with Gasteiger partial charge in [0.05, 0.1) is 20.8 Å². The third kappa shape index (κ3) is 4.73. The Hall–Kier alpha value is -2.54. The van der Waals surface area contributed by atoms with E-state index in [2.05, 4.69) is 23.7 Å². The second kappa shape index (κ2) is 8.53. The number of ether oxygens (including phenoxy) is 2. The molecule has 0 amide bonds. The van der Waals surface area contributed by atoms with Crippen molar-refractivity contribution in [2.75, 3.05) is 14.2 Å². The van der Waals surface area contributed by atoms with Crippen molar-refractivity contribution in [3.63, 3.8) is 0 Å². The molecule has 0 aliphatic rings. The number of aromatic nitrogens is 1. The predicted molar refractivity (Wildman–Crippen MR) is 92.0 cm³/mol. The van der Waals surface area contributed by atoms with E-state index in [-0.39, 0.29) is 11.7 Å². The number of hydrogen-bond acceptors (Lipinski definition) is 6. The van der Waals surface area contributed by atoms with Crippen LogP contribution in [0, 0.1) is 0 Å². The molecule has 0 spiro atoms. The van der Waals surface area contributed by atoms with Crippen LogP contribution in [0.5, 0.6) is 11.5 Å². The average molecular weight is 348 g/mol. The molecule has 1 N–H and O–H groups in total. The number of methoxy groups -OCH3 is 2. The fourth-order valence-electron chi connectivity index (χ4n) is 2.51. The van der Waals surface area contributed by atoms with Crippen molar-refractivity contribution in [1.82, 2.24) is 9.88 Å². The highest BCUT2D eigenvalue weighted by Crippen LogP contribution is 2.27. The highest BCUT2D eigenvalue weighted by Gasteiger charge is 2.19. The molecule has 25 heavy (non-hydrogen) atoms. The van der Waals surface area contributed by atoms with Crippen LogP contribution in [0.15, 0.2) is 28.9 Å². The molecular weight excluding hydrogens is 324 g/mol. The molecule has 1 aromatic heterocycles. The Morgan fingerprint density at radius 3 is 2.64 bits per heavy atom. The fraction of sp³-hybridized carbons (Fsp3) is 0.444. The second-order valence-electron chi connectivity index (χ2n) is 5.77. The summed E-state index contributed by atoms with van der Waals surface area (Å²) >= 11 is 0. The van der Waals surface area contributed by atoms with E-state index >= 15 is 0 Å². The van der Waals surface area contributed by atoms with Gasteiger partial charge >= 0.3 is 5.97 Å². The quantitative estimate of drug-likeness (QED) is 0.745. The molecule has 0 aliphatic carbocycles. The number of aromatic carboxylic acids is 1. The number of rotatable bonds is 9. The Labute approximate surface area is 147 Å². The first-order chi connectivity index (χ1) is 12.0. The molecule has 2 aromatic rings. The third-order valence-electron chi connectivity index (χ3n) is 4.18. The summed E-state index contributed by atoms with van der Waals surface area (Å²) in [7, 11) is 3.25. The Morgan fingerprint density at radius 1 is 1.32 bits per heavy atom. The summed E-state index contributed by atoms with van der Waals surface area (Å²) in [6.45, 7) is 5.20. The summed E-state index contributed by atoms with van der Waals surface area (Å²) in [5.74, 6) is 0.802. The third-order valence-corrected chi connectivity index (χ3v) is 4.18. The minimum absolute atomic E-state index is 0.0851. The van der Waals surface area contributed by atoms with Crippen molar-refractivity contribution in [2.24, 2.45) is 0 Å². The maximum absolute atomic E-state index is 11.0. The standard InChI is InChI=1S/C18H24N2O5/c1-5-12(2)20(10-17-19-15(11-25-17)18(21)22)9-13-8-14(23-3)6-7-16(13)24-4/h6-8,11-12H,5,9-10H2,1-4H3,(H,21,22). The number of nitrogens with zero attached hydrogens (tertiary/aromatic N) is 2. The van der Waals surface area contributed by atoms with Crippen molar-refractivity contribution in [3.05, 3.63) is 41.6 Å². The van der Waals surface area contributed by atoms with Crippen molar-refractivity contribution < 1.29 is 23.8 Å². The minimum atomic E-state index is -1.10. The molecule has 1 heterocycles. The Balaban J connectivity index is 2.24. The first-order valence-corrected chi connectivity index (χ1v) is 8.11. The lowest BCUT2D eigenvalue weighted by Crippen LogP contribution is -2.32. The van der Waals surface area contributed by atoms with Gasteiger partial charge < -0.3 is 19.0 Å². The van der Waals surface area contributed by atoms with E-state index in [1.165, 1.54) is 6.26 Å². The summed E-state index contributed by atoms with van der Waals surface area (Å²) in [5, 5.41) is 8.98. The molecule has 0 fully saturated rings. The molecule has 2 rings (SSSR count). The van der Waals surface area contributed by atoms with Gasteiger partial charge in [0.1, 0.15) is 17.8 Å². The van der Waals surface area contributed by atoms with Gasteiger partial charge in [-0.2, -0.15) is 0 Å². The summed E-state index contributed by atoms with van der Waals surface area (Å²) < 4.78 is 16.0. The van der Waals surface area contributed by atoms with Gasteiger partial charge in [-0.25, -0.2) is 9.78 Å². The lowest BCUT2D eigenvalue weighted by atomic mass is 10.1. The number of hydrogen-bond donors (Lipinski definition) is 1. The zero-order chi connectivity index (χ0) is 18.4. The molecule has 0 saturated heterocycles. The van der Waals surface area contributed by atoms with Gasteiger partial charge in [0.15, 0.2) is 5.69 Å². The normalized spacial score (nSPS) is 12.2. The van der Waals surface area contributed by atoms with Gasteiger partial charge in [-0.15, -0.1) is 0 Å². The van der Waals surface area contributed by atoms with Gasteiger partial charge in [0, 0.05) is 18.2 Å². The largest absolute Gasteiger partial charge is 0.497 e. The summed E-state index contributed by atoms with van der Waals surface area (Å²) in [6, 6.07) is 5.91. The molecule has 0 bridgehead atoms. The van der Waals surface area contributed by atoms with E-state index in [0.717, 1.165) is 23.5 Å². The Kier molecular flexibility index (Phi) is 6.41. The molecule has 0 radical (unpaired) electrons. The minimum Gasteiger partial charge on any atom is -0.497 e. The summed E-state index contributed by atoms with van der Waals surface area (Å²) in [5.41, 5.74) is 0.894. The lowest BCUT2D eigenvalue weighted by molar-refractivity contribution is 0.0690. The number of carboxylic acids is 1. The monoisotopic (exact) mass is 348 g/mol.